The van der Waals surface area contributed by atoms with Gasteiger partial charge in [-0.2, -0.15) is 0 Å². The third-order valence-corrected chi connectivity index (χ3v) is 5.08. The van der Waals surface area contributed by atoms with Crippen molar-refractivity contribution in [2.75, 3.05) is 57.2 Å². The van der Waals surface area contributed by atoms with Gasteiger partial charge in [0.05, 0.1) is 39.6 Å². The molecule has 1 amide bonds. The van der Waals surface area contributed by atoms with Gasteiger partial charge in [0.25, 0.3) is 0 Å². The van der Waals surface area contributed by atoms with Crippen LogP contribution in [0.5, 0.6) is 0 Å². The first-order valence-corrected chi connectivity index (χ1v) is 11.3. The quantitative estimate of drug-likeness (QED) is 0.0950. The maximum Gasteiger partial charge on any atom is 0.217 e. The number of ether oxygens (including phenoxy) is 4. The van der Waals surface area contributed by atoms with Crippen LogP contribution in [0, 0.1) is 0 Å². The number of carbonyl (C=O) groups is 1. The SMILES string of the molecule is CC(=O)NC1C(O)[C@@H](O)C(CO)O[C@H]1OCCOCCOCCNC(=S)Nc1ccc(N)cc1. The molecule has 8 N–H and O–H groups in total. The fourth-order valence-corrected chi connectivity index (χ4v) is 3.36. The molecule has 1 aliphatic rings. The summed E-state index contributed by atoms with van der Waals surface area (Å²) in [4.78, 5) is 11.4. The zero-order valence-electron chi connectivity index (χ0n) is 19.0. The van der Waals surface area contributed by atoms with Crippen LogP contribution in [0.15, 0.2) is 24.3 Å². The van der Waals surface area contributed by atoms with Crippen molar-refractivity contribution in [2.45, 2.75) is 37.6 Å². The van der Waals surface area contributed by atoms with E-state index in [1.807, 2.05) is 12.1 Å². The second-order valence-corrected chi connectivity index (χ2v) is 7.94. The second kappa shape index (κ2) is 15.0. The highest BCUT2D eigenvalue weighted by Crippen LogP contribution is 2.22. The molecule has 0 saturated carbocycles. The average Bonchev–Trinajstić information content (AvgIpc) is 2.80. The molecule has 5 atom stereocenters. The molecule has 0 bridgehead atoms. The van der Waals surface area contributed by atoms with Gasteiger partial charge in [-0.3, -0.25) is 4.79 Å². The highest BCUT2D eigenvalue weighted by molar-refractivity contribution is 7.80. The Labute approximate surface area is 203 Å². The molecule has 0 spiro atoms. The number of hydrogen-bond donors (Lipinski definition) is 7. The van der Waals surface area contributed by atoms with E-state index in [1.54, 1.807) is 12.1 Å². The molecule has 0 aromatic heterocycles. The first-order valence-electron chi connectivity index (χ1n) is 10.9. The smallest absolute Gasteiger partial charge is 0.217 e. The standard InChI is InChI=1S/C21H34N4O8S/c1-13(27)24-17-19(29)18(28)16(12-26)33-20(17)32-11-10-31-9-8-30-7-6-23-21(34)25-15-4-2-14(22)3-5-15/h2-5,16-20,26,28-29H,6-12,22H2,1H3,(H,24,27)(H2,23,25,34)/t16?,17?,18-,19?,20+/m0/s1. The van der Waals surface area contributed by atoms with Gasteiger partial charge in [0.15, 0.2) is 11.4 Å². The largest absolute Gasteiger partial charge is 0.399 e. The van der Waals surface area contributed by atoms with Crippen LogP contribution < -0.4 is 21.7 Å². The molecule has 0 radical (unpaired) electrons. The topological polar surface area (TPSA) is 177 Å². The van der Waals surface area contributed by atoms with Crippen molar-refractivity contribution < 1.29 is 39.1 Å². The van der Waals surface area contributed by atoms with Crippen LogP contribution in [0.2, 0.25) is 0 Å². The van der Waals surface area contributed by atoms with E-state index in [0.29, 0.717) is 37.2 Å². The van der Waals surface area contributed by atoms with Gasteiger partial charge in [0.2, 0.25) is 5.91 Å². The Bertz CT molecular complexity index is 757. The van der Waals surface area contributed by atoms with E-state index in [9.17, 15) is 20.1 Å². The monoisotopic (exact) mass is 502 g/mol. The Morgan fingerprint density at radius 1 is 1.09 bits per heavy atom. The van der Waals surface area contributed by atoms with Gasteiger partial charge in [0.1, 0.15) is 24.4 Å². The number of benzene rings is 1. The second-order valence-electron chi connectivity index (χ2n) is 7.53. The molecule has 34 heavy (non-hydrogen) atoms. The van der Waals surface area contributed by atoms with Crippen molar-refractivity contribution in [1.29, 1.82) is 0 Å². The first kappa shape index (κ1) is 28.1. The maximum atomic E-state index is 11.4. The van der Waals surface area contributed by atoms with Gasteiger partial charge in [0, 0.05) is 24.8 Å². The van der Waals surface area contributed by atoms with Crippen LogP contribution in [0.3, 0.4) is 0 Å². The van der Waals surface area contributed by atoms with Crippen LogP contribution >= 0.6 is 12.2 Å². The van der Waals surface area contributed by atoms with Gasteiger partial charge < -0.3 is 56.0 Å². The van der Waals surface area contributed by atoms with E-state index in [-0.39, 0.29) is 13.2 Å². The Balaban J connectivity index is 1.53. The molecule has 1 fully saturated rings. The van der Waals surface area contributed by atoms with Crippen LogP contribution in [0.25, 0.3) is 0 Å². The molecule has 1 aliphatic heterocycles. The molecule has 0 aliphatic carbocycles. The lowest BCUT2D eigenvalue weighted by Gasteiger charge is -2.42. The van der Waals surface area contributed by atoms with E-state index in [4.69, 9.17) is 36.9 Å². The Hall–Kier alpha value is -2.10. The minimum atomic E-state index is -1.35. The zero-order valence-corrected chi connectivity index (χ0v) is 19.8. The summed E-state index contributed by atoms with van der Waals surface area (Å²) in [6.07, 6.45) is -4.77. The predicted octanol–water partition coefficient (Wildman–Crippen LogP) is -1.45. The molecule has 12 nitrogen and oxygen atoms in total. The maximum absolute atomic E-state index is 11.4. The molecule has 3 unspecified atom stereocenters. The van der Waals surface area contributed by atoms with Crippen LogP contribution in [-0.4, -0.2) is 103 Å². The van der Waals surface area contributed by atoms with E-state index in [0.717, 1.165) is 5.69 Å². The van der Waals surface area contributed by atoms with Crippen molar-refractivity contribution in [1.82, 2.24) is 10.6 Å². The van der Waals surface area contributed by atoms with E-state index in [1.165, 1.54) is 6.92 Å². The summed E-state index contributed by atoms with van der Waals surface area (Å²) in [7, 11) is 0. The van der Waals surface area contributed by atoms with Gasteiger partial charge in [-0.05, 0) is 36.5 Å². The first-order chi connectivity index (χ1) is 16.3. The van der Waals surface area contributed by atoms with Crippen molar-refractivity contribution in [3.05, 3.63) is 24.3 Å². The Morgan fingerprint density at radius 2 is 1.74 bits per heavy atom. The number of amides is 1. The van der Waals surface area contributed by atoms with Crippen LogP contribution in [0.1, 0.15) is 6.92 Å². The van der Waals surface area contributed by atoms with Gasteiger partial charge in [-0.25, -0.2) is 0 Å². The molecule has 2 rings (SSSR count). The number of aliphatic hydroxyl groups is 3. The summed E-state index contributed by atoms with van der Waals surface area (Å²) in [5.74, 6) is -0.416. The summed E-state index contributed by atoms with van der Waals surface area (Å²) < 4.78 is 21.9. The van der Waals surface area contributed by atoms with Gasteiger partial charge >= 0.3 is 0 Å². The highest BCUT2D eigenvalue weighted by atomic mass is 32.1. The number of aliphatic hydroxyl groups excluding tert-OH is 3. The lowest BCUT2D eigenvalue weighted by molar-refractivity contribution is -0.272. The molecule has 1 saturated heterocycles. The predicted molar refractivity (Wildman–Crippen MR) is 128 cm³/mol. The van der Waals surface area contributed by atoms with Crippen molar-refractivity contribution in [3.8, 4) is 0 Å². The number of nitrogens with two attached hydrogens (primary N) is 1. The van der Waals surface area contributed by atoms with E-state index in [2.05, 4.69) is 16.0 Å². The lowest BCUT2D eigenvalue weighted by Crippen LogP contribution is -2.64. The fourth-order valence-electron chi connectivity index (χ4n) is 3.14. The lowest BCUT2D eigenvalue weighted by atomic mass is 9.97. The molecule has 192 valence electrons. The molecule has 1 aromatic rings. The Kier molecular flexibility index (Phi) is 12.4. The summed E-state index contributed by atoms with van der Waals surface area (Å²) in [6, 6.07) is 6.24. The highest BCUT2D eigenvalue weighted by Gasteiger charge is 2.45. The number of nitrogen functional groups attached to an aromatic ring is 1. The number of carbonyl (C=O) groups excluding carboxylic acids is 1. The van der Waals surface area contributed by atoms with E-state index >= 15 is 0 Å². The summed E-state index contributed by atoms with van der Waals surface area (Å²) in [5.41, 5.74) is 7.16. The number of anilines is 2. The molecule has 1 heterocycles. The van der Waals surface area contributed by atoms with Gasteiger partial charge in [-0.1, -0.05) is 0 Å². The van der Waals surface area contributed by atoms with Crippen molar-refractivity contribution in [2.24, 2.45) is 0 Å². The molecular formula is C21H34N4O8S. The van der Waals surface area contributed by atoms with Crippen molar-refractivity contribution in [3.63, 3.8) is 0 Å². The van der Waals surface area contributed by atoms with E-state index < -0.39 is 43.2 Å². The van der Waals surface area contributed by atoms with Gasteiger partial charge in [-0.15, -0.1) is 0 Å². The molecule has 1 aromatic carbocycles. The number of hydrogen-bond acceptors (Lipinski definition) is 10. The average molecular weight is 503 g/mol. The van der Waals surface area contributed by atoms with Crippen LogP contribution in [0.4, 0.5) is 11.4 Å². The van der Waals surface area contributed by atoms with Crippen LogP contribution in [-0.2, 0) is 23.7 Å². The number of thiocarbonyl (C=S) groups is 1. The summed E-state index contributed by atoms with van der Waals surface area (Å²) in [5, 5.41) is 38.5. The molecular weight excluding hydrogens is 468 g/mol. The zero-order chi connectivity index (χ0) is 24.9. The number of rotatable bonds is 13. The summed E-state index contributed by atoms with van der Waals surface area (Å²) >= 11 is 5.21. The normalized spacial score (nSPS) is 24.4. The third-order valence-electron chi connectivity index (χ3n) is 4.83. The Morgan fingerprint density at radius 3 is 2.38 bits per heavy atom. The fraction of sp³-hybridized carbons (Fsp3) is 0.619. The number of nitrogens with one attached hydrogen (secondary N) is 3. The minimum absolute atomic E-state index is 0.106. The van der Waals surface area contributed by atoms with Crippen molar-refractivity contribution >= 4 is 34.6 Å². The minimum Gasteiger partial charge on any atom is -0.399 e. The summed E-state index contributed by atoms with van der Waals surface area (Å²) in [6.45, 7) is 2.74. The third kappa shape index (κ3) is 9.64. The molecule has 13 heteroatoms.